The standard InChI is InChI=1S/C21H16N2O2S/c24-20(17-12-14-26-15-17)23-19-11-5-4-10-18(19)21(25)22-13-6-9-16-7-2-1-3-8-16/h1-5,7-8,10-12,14-15H,13H2,(H,22,25)(H,23,24). The average Bonchev–Trinajstić information content (AvgIpc) is 3.21. The lowest BCUT2D eigenvalue weighted by molar-refractivity contribution is 0.0959. The van der Waals surface area contributed by atoms with Crippen LogP contribution < -0.4 is 10.6 Å². The molecule has 2 aromatic carbocycles. The van der Waals surface area contributed by atoms with Gasteiger partial charge in [0.05, 0.1) is 23.4 Å². The quantitative estimate of drug-likeness (QED) is 0.696. The van der Waals surface area contributed by atoms with Crippen LogP contribution in [-0.2, 0) is 0 Å². The van der Waals surface area contributed by atoms with Crippen molar-refractivity contribution in [2.45, 2.75) is 0 Å². The summed E-state index contributed by atoms with van der Waals surface area (Å²) in [4.78, 5) is 24.6. The topological polar surface area (TPSA) is 58.2 Å². The third kappa shape index (κ3) is 4.59. The molecule has 0 aliphatic carbocycles. The predicted octanol–water partition coefficient (Wildman–Crippen LogP) is 3.78. The van der Waals surface area contributed by atoms with Crippen LogP contribution in [0.2, 0.25) is 0 Å². The number of benzene rings is 2. The molecule has 0 spiro atoms. The van der Waals surface area contributed by atoms with Gasteiger partial charge in [0.15, 0.2) is 0 Å². The van der Waals surface area contributed by atoms with Crippen molar-refractivity contribution in [1.29, 1.82) is 0 Å². The van der Waals surface area contributed by atoms with E-state index in [2.05, 4.69) is 22.5 Å². The molecule has 5 heteroatoms. The van der Waals surface area contributed by atoms with Crippen molar-refractivity contribution in [1.82, 2.24) is 5.32 Å². The number of carbonyl (C=O) groups excluding carboxylic acids is 2. The van der Waals surface area contributed by atoms with E-state index < -0.39 is 0 Å². The summed E-state index contributed by atoms with van der Waals surface area (Å²) in [7, 11) is 0. The molecule has 26 heavy (non-hydrogen) atoms. The highest BCUT2D eigenvalue weighted by molar-refractivity contribution is 7.08. The average molecular weight is 360 g/mol. The summed E-state index contributed by atoms with van der Waals surface area (Å²) in [5, 5.41) is 9.13. The second-order valence-electron chi connectivity index (χ2n) is 5.36. The Morgan fingerprint density at radius 2 is 1.69 bits per heavy atom. The van der Waals surface area contributed by atoms with Crippen molar-refractivity contribution < 1.29 is 9.59 Å². The molecule has 2 N–H and O–H groups in total. The Hall–Kier alpha value is -3.36. The van der Waals surface area contributed by atoms with E-state index in [0.717, 1.165) is 5.56 Å². The molecule has 128 valence electrons. The molecule has 3 rings (SSSR count). The number of rotatable bonds is 4. The van der Waals surface area contributed by atoms with Gasteiger partial charge >= 0.3 is 0 Å². The van der Waals surface area contributed by atoms with Gasteiger partial charge < -0.3 is 10.6 Å². The van der Waals surface area contributed by atoms with Crippen molar-refractivity contribution in [2.24, 2.45) is 0 Å². The first-order valence-electron chi connectivity index (χ1n) is 7.99. The van der Waals surface area contributed by atoms with Crippen LogP contribution in [0, 0.1) is 11.8 Å². The molecule has 3 aromatic rings. The molecule has 4 nitrogen and oxygen atoms in total. The first-order chi connectivity index (χ1) is 12.7. The summed E-state index contributed by atoms with van der Waals surface area (Å²) >= 11 is 1.45. The van der Waals surface area contributed by atoms with Crippen LogP contribution in [0.4, 0.5) is 5.69 Å². The van der Waals surface area contributed by atoms with Gasteiger partial charge in [-0.1, -0.05) is 42.2 Å². The predicted molar refractivity (Wildman–Crippen MR) is 104 cm³/mol. The number of anilines is 1. The number of thiophene rings is 1. The number of nitrogens with one attached hydrogen (secondary N) is 2. The molecule has 0 atom stereocenters. The van der Waals surface area contributed by atoms with Gasteiger partial charge in [0, 0.05) is 10.9 Å². The maximum absolute atomic E-state index is 12.4. The van der Waals surface area contributed by atoms with Crippen molar-refractivity contribution in [3.8, 4) is 11.8 Å². The van der Waals surface area contributed by atoms with Gasteiger partial charge in [-0.3, -0.25) is 9.59 Å². The highest BCUT2D eigenvalue weighted by atomic mass is 32.1. The zero-order valence-corrected chi connectivity index (χ0v) is 14.7. The van der Waals surface area contributed by atoms with E-state index in [0.29, 0.717) is 16.8 Å². The maximum Gasteiger partial charge on any atom is 0.256 e. The lowest BCUT2D eigenvalue weighted by atomic mass is 10.1. The Balaban J connectivity index is 1.64. The van der Waals surface area contributed by atoms with E-state index in [-0.39, 0.29) is 18.4 Å². The maximum atomic E-state index is 12.4. The fourth-order valence-corrected chi connectivity index (χ4v) is 2.90. The largest absolute Gasteiger partial charge is 0.341 e. The Labute approximate surface area is 155 Å². The Morgan fingerprint density at radius 3 is 2.46 bits per heavy atom. The van der Waals surface area contributed by atoms with E-state index in [1.54, 1.807) is 35.7 Å². The molecule has 0 fully saturated rings. The fourth-order valence-electron chi connectivity index (χ4n) is 2.27. The smallest absolute Gasteiger partial charge is 0.256 e. The summed E-state index contributed by atoms with van der Waals surface area (Å²) in [6.45, 7) is 0.223. The number of hydrogen-bond acceptors (Lipinski definition) is 3. The third-order valence-electron chi connectivity index (χ3n) is 3.55. The van der Waals surface area contributed by atoms with Crippen molar-refractivity contribution >= 4 is 28.8 Å². The third-order valence-corrected chi connectivity index (χ3v) is 4.23. The SMILES string of the molecule is O=C(Nc1ccccc1C(=O)NCC#Cc1ccccc1)c1ccsc1. The van der Waals surface area contributed by atoms with Gasteiger partial charge in [0.1, 0.15) is 0 Å². The minimum atomic E-state index is -0.284. The normalized spacial score (nSPS) is 9.69. The lowest BCUT2D eigenvalue weighted by Crippen LogP contribution is -2.25. The molecule has 0 bridgehead atoms. The number of carbonyl (C=O) groups is 2. The number of para-hydroxylation sites is 1. The molecule has 1 aromatic heterocycles. The van der Waals surface area contributed by atoms with E-state index in [4.69, 9.17) is 0 Å². The fraction of sp³-hybridized carbons (Fsp3) is 0.0476. The van der Waals surface area contributed by atoms with E-state index in [1.165, 1.54) is 11.3 Å². The van der Waals surface area contributed by atoms with Crippen LogP contribution in [0.5, 0.6) is 0 Å². The van der Waals surface area contributed by atoms with Gasteiger partial charge in [-0.25, -0.2) is 0 Å². The minimum Gasteiger partial charge on any atom is -0.341 e. The molecule has 1 heterocycles. The second kappa shape index (κ2) is 8.65. The Bertz CT molecular complexity index is 954. The molecular formula is C21H16N2O2S. The van der Waals surface area contributed by atoms with Gasteiger partial charge in [0.2, 0.25) is 0 Å². The summed E-state index contributed by atoms with van der Waals surface area (Å²) in [5.41, 5.74) is 2.33. The van der Waals surface area contributed by atoms with Gasteiger partial charge in [-0.2, -0.15) is 11.3 Å². The summed E-state index contributed by atoms with van der Waals surface area (Å²) in [5.74, 6) is 5.38. The van der Waals surface area contributed by atoms with Crippen molar-refractivity contribution in [3.05, 3.63) is 88.1 Å². The van der Waals surface area contributed by atoms with E-state index in [9.17, 15) is 9.59 Å². The highest BCUT2D eigenvalue weighted by Gasteiger charge is 2.13. The molecule has 0 aliphatic rings. The minimum absolute atomic E-state index is 0.223. The number of amides is 2. The molecule has 0 radical (unpaired) electrons. The Morgan fingerprint density at radius 1 is 0.923 bits per heavy atom. The Kier molecular flexibility index (Phi) is 5.81. The molecule has 0 aliphatic heterocycles. The van der Waals surface area contributed by atoms with Crippen LogP contribution in [-0.4, -0.2) is 18.4 Å². The van der Waals surface area contributed by atoms with Crippen molar-refractivity contribution in [3.63, 3.8) is 0 Å². The van der Waals surface area contributed by atoms with E-state index in [1.807, 2.05) is 35.7 Å². The zero-order valence-electron chi connectivity index (χ0n) is 13.9. The number of hydrogen-bond donors (Lipinski definition) is 2. The van der Waals surface area contributed by atoms with Gasteiger partial charge in [-0.15, -0.1) is 0 Å². The first kappa shape index (κ1) is 17.5. The van der Waals surface area contributed by atoms with Crippen molar-refractivity contribution in [2.75, 3.05) is 11.9 Å². The molecule has 0 saturated carbocycles. The first-order valence-corrected chi connectivity index (χ1v) is 8.93. The summed E-state index contributed by atoms with van der Waals surface area (Å²) < 4.78 is 0. The zero-order chi connectivity index (χ0) is 18.2. The molecule has 0 saturated heterocycles. The van der Waals surface area contributed by atoms with Crippen LogP contribution in [0.25, 0.3) is 0 Å². The summed E-state index contributed by atoms with van der Waals surface area (Å²) in [6, 6.07) is 18.2. The van der Waals surface area contributed by atoms with Crippen LogP contribution in [0.3, 0.4) is 0 Å². The molecule has 2 amide bonds. The second-order valence-corrected chi connectivity index (χ2v) is 6.14. The van der Waals surface area contributed by atoms with Crippen LogP contribution >= 0.6 is 11.3 Å². The highest BCUT2D eigenvalue weighted by Crippen LogP contribution is 2.17. The molecule has 0 unspecified atom stereocenters. The van der Waals surface area contributed by atoms with E-state index >= 15 is 0 Å². The van der Waals surface area contributed by atoms with Gasteiger partial charge in [-0.05, 0) is 35.7 Å². The van der Waals surface area contributed by atoms with Crippen LogP contribution in [0.15, 0.2) is 71.4 Å². The molecular weight excluding hydrogens is 344 g/mol. The van der Waals surface area contributed by atoms with Crippen LogP contribution in [0.1, 0.15) is 26.3 Å². The monoisotopic (exact) mass is 360 g/mol. The van der Waals surface area contributed by atoms with Gasteiger partial charge in [0.25, 0.3) is 11.8 Å². The summed E-state index contributed by atoms with van der Waals surface area (Å²) in [6.07, 6.45) is 0. The lowest BCUT2D eigenvalue weighted by Gasteiger charge is -2.10.